The Morgan fingerprint density at radius 1 is 1.21 bits per heavy atom. The number of nitrogens with zero attached hydrogens (tertiary/aromatic N) is 2. The van der Waals surface area contributed by atoms with Crippen LogP contribution in [0.1, 0.15) is 12.8 Å². The van der Waals surface area contributed by atoms with Crippen LogP contribution in [0.2, 0.25) is 0 Å². The lowest BCUT2D eigenvalue weighted by molar-refractivity contribution is -0.141. The zero-order valence-electron chi connectivity index (χ0n) is 9.67. The molecule has 1 unspecified atom stereocenters. The number of halogens is 4. The number of piperidine rings is 1. The van der Waals surface area contributed by atoms with Crippen molar-refractivity contribution in [2.45, 2.75) is 12.8 Å². The highest BCUT2D eigenvalue weighted by molar-refractivity contribution is 5.71. The van der Waals surface area contributed by atoms with Crippen LogP contribution in [0, 0.1) is 29.4 Å². The van der Waals surface area contributed by atoms with E-state index in [1.54, 1.807) is 0 Å². The molecule has 19 heavy (non-hydrogen) atoms. The van der Waals surface area contributed by atoms with Gasteiger partial charge in [0.2, 0.25) is 11.6 Å². The first-order valence-electron chi connectivity index (χ1n) is 5.59. The zero-order chi connectivity index (χ0) is 14.2. The molecule has 0 aliphatic carbocycles. The van der Waals surface area contributed by atoms with Gasteiger partial charge in [-0.15, -0.1) is 0 Å². The van der Waals surface area contributed by atoms with Crippen LogP contribution >= 0.6 is 0 Å². The topological polar surface area (TPSA) is 53.4 Å². The average molecular weight is 278 g/mol. The van der Waals surface area contributed by atoms with Crippen LogP contribution in [0.25, 0.3) is 0 Å². The number of carboxylic acids is 1. The minimum absolute atomic E-state index is 0.126. The molecular formula is C11H10F4N2O2. The molecule has 1 aromatic rings. The first kappa shape index (κ1) is 13.6. The first-order valence-corrected chi connectivity index (χ1v) is 5.59. The fourth-order valence-electron chi connectivity index (χ4n) is 2.14. The van der Waals surface area contributed by atoms with Crippen molar-refractivity contribution in [2.75, 3.05) is 18.0 Å². The molecule has 2 rings (SSSR count). The fraction of sp³-hybridized carbons (Fsp3) is 0.455. The molecule has 0 amide bonds. The standard InChI is InChI=1S/C11H10F4N2O2/c12-6-8(7(13)10(15)16-9(6)14)17-3-1-2-5(4-17)11(18)19/h5H,1-4H2,(H,18,19). The molecule has 0 spiro atoms. The quantitative estimate of drug-likeness (QED) is 0.663. The summed E-state index contributed by atoms with van der Waals surface area (Å²) in [7, 11) is 0. The molecule has 104 valence electrons. The highest BCUT2D eigenvalue weighted by Crippen LogP contribution is 2.30. The number of aliphatic carboxylic acids is 1. The van der Waals surface area contributed by atoms with Gasteiger partial charge in [-0.2, -0.15) is 22.5 Å². The van der Waals surface area contributed by atoms with E-state index >= 15 is 0 Å². The minimum atomic E-state index is -1.74. The van der Waals surface area contributed by atoms with E-state index in [-0.39, 0.29) is 13.1 Å². The van der Waals surface area contributed by atoms with Crippen LogP contribution in [0.4, 0.5) is 23.2 Å². The van der Waals surface area contributed by atoms with Crippen LogP contribution in [0.15, 0.2) is 0 Å². The predicted molar refractivity (Wildman–Crippen MR) is 56.6 cm³/mol. The Morgan fingerprint density at radius 2 is 1.79 bits per heavy atom. The molecule has 1 aliphatic heterocycles. The molecule has 4 nitrogen and oxygen atoms in total. The lowest BCUT2D eigenvalue weighted by Crippen LogP contribution is -2.40. The molecule has 0 saturated carbocycles. The summed E-state index contributed by atoms with van der Waals surface area (Å²) in [4.78, 5) is 14.3. The summed E-state index contributed by atoms with van der Waals surface area (Å²) in [6, 6.07) is 0. The third-order valence-electron chi connectivity index (χ3n) is 3.06. The Morgan fingerprint density at radius 3 is 2.32 bits per heavy atom. The van der Waals surface area contributed by atoms with Gasteiger partial charge >= 0.3 is 5.97 Å². The Kier molecular flexibility index (Phi) is 3.59. The second-order valence-corrected chi connectivity index (χ2v) is 4.29. The molecular weight excluding hydrogens is 268 g/mol. The molecule has 1 atom stereocenters. The van der Waals surface area contributed by atoms with E-state index < -0.39 is 41.1 Å². The number of anilines is 1. The summed E-state index contributed by atoms with van der Waals surface area (Å²) < 4.78 is 53.0. The Labute approximate surface area is 105 Å². The van der Waals surface area contributed by atoms with Crippen molar-refractivity contribution in [3.05, 3.63) is 23.5 Å². The second kappa shape index (κ2) is 5.02. The number of aromatic nitrogens is 1. The smallest absolute Gasteiger partial charge is 0.308 e. The van der Waals surface area contributed by atoms with E-state index in [0.29, 0.717) is 12.8 Å². The summed E-state index contributed by atoms with van der Waals surface area (Å²) in [5, 5.41) is 8.88. The maximum Gasteiger partial charge on any atom is 0.308 e. The van der Waals surface area contributed by atoms with Crippen LogP contribution in [0.3, 0.4) is 0 Å². The van der Waals surface area contributed by atoms with E-state index in [2.05, 4.69) is 4.98 Å². The molecule has 1 aliphatic rings. The molecule has 1 aromatic heterocycles. The Balaban J connectivity index is 2.39. The average Bonchev–Trinajstić information content (AvgIpc) is 2.37. The van der Waals surface area contributed by atoms with Gasteiger partial charge in [-0.1, -0.05) is 0 Å². The van der Waals surface area contributed by atoms with E-state index in [1.807, 2.05) is 0 Å². The molecule has 1 fully saturated rings. The van der Waals surface area contributed by atoms with Crippen LogP contribution < -0.4 is 4.90 Å². The van der Waals surface area contributed by atoms with Crippen molar-refractivity contribution < 1.29 is 27.5 Å². The van der Waals surface area contributed by atoms with E-state index in [9.17, 15) is 22.4 Å². The van der Waals surface area contributed by atoms with Crippen molar-refractivity contribution in [3.8, 4) is 0 Å². The monoisotopic (exact) mass is 278 g/mol. The fourth-order valence-corrected chi connectivity index (χ4v) is 2.14. The molecule has 0 aromatic carbocycles. The van der Waals surface area contributed by atoms with Gasteiger partial charge in [0.1, 0.15) is 5.69 Å². The minimum Gasteiger partial charge on any atom is -0.481 e. The number of hydrogen-bond acceptors (Lipinski definition) is 3. The molecule has 2 heterocycles. The highest BCUT2D eigenvalue weighted by atomic mass is 19.2. The van der Waals surface area contributed by atoms with Crippen molar-refractivity contribution in [1.82, 2.24) is 4.98 Å². The molecule has 0 bridgehead atoms. The van der Waals surface area contributed by atoms with E-state index in [1.165, 1.54) is 0 Å². The maximum absolute atomic E-state index is 13.5. The SMILES string of the molecule is O=C(O)C1CCCN(c2c(F)c(F)nc(F)c2F)C1. The second-order valence-electron chi connectivity index (χ2n) is 4.29. The predicted octanol–water partition coefficient (Wildman–Crippen LogP) is 1.94. The zero-order valence-corrected chi connectivity index (χ0v) is 9.67. The maximum atomic E-state index is 13.5. The summed E-state index contributed by atoms with van der Waals surface area (Å²) in [6.45, 7) is -0.0768. The van der Waals surface area contributed by atoms with Gasteiger partial charge in [-0.05, 0) is 12.8 Å². The van der Waals surface area contributed by atoms with Crippen molar-refractivity contribution >= 4 is 11.7 Å². The number of rotatable bonds is 2. The lowest BCUT2D eigenvalue weighted by atomic mass is 9.98. The number of pyridine rings is 1. The number of carboxylic acid groups (broad SMARTS) is 1. The summed E-state index contributed by atoms with van der Waals surface area (Å²) in [5.74, 6) is -8.64. The molecule has 1 N–H and O–H groups in total. The van der Waals surface area contributed by atoms with Gasteiger partial charge in [0.15, 0.2) is 0 Å². The number of carbonyl (C=O) groups is 1. The van der Waals surface area contributed by atoms with Crippen molar-refractivity contribution in [2.24, 2.45) is 5.92 Å². The molecule has 1 saturated heterocycles. The third-order valence-corrected chi connectivity index (χ3v) is 3.06. The first-order chi connectivity index (χ1) is 8.91. The van der Waals surface area contributed by atoms with E-state index in [4.69, 9.17) is 5.11 Å². The molecule has 0 radical (unpaired) electrons. The largest absolute Gasteiger partial charge is 0.481 e. The Bertz CT molecular complexity index is 498. The summed E-state index contributed by atoms with van der Waals surface area (Å²) >= 11 is 0. The van der Waals surface area contributed by atoms with Crippen LogP contribution in [-0.2, 0) is 4.79 Å². The van der Waals surface area contributed by atoms with Gasteiger partial charge in [0.25, 0.3) is 11.9 Å². The van der Waals surface area contributed by atoms with Gasteiger partial charge in [0, 0.05) is 13.1 Å². The van der Waals surface area contributed by atoms with E-state index in [0.717, 1.165) is 4.90 Å². The van der Waals surface area contributed by atoms with Gasteiger partial charge < -0.3 is 10.0 Å². The van der Waals surface area contributed by atoms with Gasteiger partial charge in [-0.25, -0.2) is 0 Å². The highest BCUT2D eigenvalue weighted by Gasteiger charge is 2.31. The molecule has 8 heteroatoms. The number of hydrogen-bond donors (Lipinski definition) is 1. The van der Waals surface area contributed by atoms with Crippen molar-refractivity contribution in [3.63, 3.8) is 0 Å². The van der Waals surface area contributed by atoms with Crippen LogP contribution in [-0.4, -0.2) is 29.1 Å². The summed E-state index contributed by atoms with van der Waals surface area (Å²) in [5.41, 5.74) is -0.893. The van der Waals surface area contributed by atoms with Gasteiger partial charge in [0.05, 0.1) is 5.92 Å². The third kappa shape index (κ3) is 2.47. The Hall–Kier alpha value is -1.86. The van der Waals surface area contributed by atoms with Crippen molar-refractivity contribution in [1.29, 1.82) is 0 Å². The lowest BCUT2D eigenvalue weighted by Gasteiger charge is -2.32. The summed E-state index contributed by atoms with van der Waals surface area (Å²) in [6.07, 6.45) is 0.715. The van der Waals surface area contributed by atoms with Gasteiger partial charge in [-0.3, -0.25) is 4.79 Å². The van der Waals surface area contributed by atoms with Crippen LogP contribution in [0.5, 0.6) is 0 Å². The normalized spacial score (nSPS) is 19.6.